The average Bonchev–Trinajstić information content (AvgIpc) is 3.00. The van der Waals surface area contributed by atoms with Crippen LogP contribution in [-0.2, 0) is 10.9 Å². The number of halogens is 5. The highest BCUT2D eigenvalue weighted by atomic mass is 19.4. The summed E-state index contributed by atoms with van der Waals surface area (Å²) in [6.45, 7) is 10.1. The molecule has 0 saturated carbocycles. The zero-order valence-corrected chi connectivity index (χ0v) is 26.1. The lowest BCUT2D eigenvalue weighted by molar-refractivity contribution is -0.138. The standard InChI is InChI=1S/C31H36F5N7O3/c1-16(2)24-15-42(6-7-46-24)30-38-10-19(11-39-30)26-22(32)9-23(43-13-17(3)41(5)18(4)14-43)28(27(26)33)40-29(45)20-12-37-25(44)8-21(20)31(34,35)36/h8-12,16-18,24H,6-7,13-15H2,1-5H3,(H,37,44)(H,40,45)/t17-,18+,24-/m1/s1. The number of nitrogens with one attached hydrogen (secondary N) is 2. The van der Waals surface area contributed by atoms with E-state index in [1.165, 1.54) is 12.4 Å². The van der Waals surface area contributed by atoms with Crippen LogP contribution in [0.3, 0.4) is 0 Å². The van der Waals surface area contributed by atoms with Crippen molar-refractivity contribution in [3.63, 3.8) is 0 Å². The monoisotopic (exact) mass is 649 g/mol. The first-order valence-electron chi connectivity index (χ1n) is 14.9. The van der Waals surface area contributed by atoms with Crippen molar-refractivity contribution in [1.82, 2.24) is 19.9 Å². The molecular weight excluding hydrogens is 613 g/mol. The number of hydrogen-bond acceptors (Lipinski definition) is 8. The number of alkyl halides is 3. The predicted octanol–water partition coefficient (Wildman–Crippen LogP) is 4.77. The summed E-state index contributed by atoms with van der Waals surface area (Å²) in [5, 5.41) is 2.26. The second-order valence-electron chi connectivity index (χ2n) is 12.2. The molecule has 15 heteroatoms. The number of pyridine rings is 1. The van der Waals surface area contributed by atoms with Crippen LogP contribution in [0.2, 0.25) is 0 Å². The lowest BCUT2D eigenvalue weighted by atomic mass is 10.0. The number of aromatic amines is 1. The molecule has 4 heterocycles. The molecule has 0 radical (unpaired) electrons. The SMILES string of the molecule is CC(C)[C@H]1CN(c2ncc(-c3c(F)cc(N4C[C@@H](C)N(C)[C@@H](C)C4)c(NC(=O)c4c[nH]c(=O)cc4C(F)(F)F)c3F)cn2)CCO1. The highest BCUT2D eigenvalue weighted by Crippen LogP contribution is 2.40. The van der Waals surface area contributed by atoms with E-state index < -0.39 is 51.7 Å². The largest absolute Gasteiger partial charge is 0.417 e. The number of likely N-dealkylation sites (N-methyl/N-ethyl adjacent to an activating group) is 1. The molecule has 46 heavy (non-hydrogen) atoms. The molecule has 1 amide bonds. The van der Waals surface area contributed by atoms with Crippen molar-refractivity contribution < 1.29 is 31.5 Å². The average molecular weight is 650 g/mol. The first kappa shape index (κ1) is 33.3. The summed E-state index contributed by atoms with van der Waals surface area (Å²) >= 11 is 0. The Morgan fingerprint density at radius 1 is 1.07 bits per heavy atom. The van der Waals surface area contributed by atoms with E-state index in [9.17, 15) is 22.8 Å². The van der Waals surface area contributed by atoms with Gasteiger partial charge in [0.15, 0.2) is 5.82 Å². The van der Waals surface area contributed by atoms with Crippen molar-refractivity contribution in [2.45, 2.75) is 52.1 Å². The van der Waals surface area contributed by atoms with Crippen molar-refractivity contribution in [2.24, 2.45) is 5.92 Å². The van der Waals surface area contributed by atoms with E-state index in [-0.39, 0.29) is 41.4 Å². The van der Waals surface area contributed by atoms with Gasteiger partial charge in [-0.15, -0.1) is 0 Å². The maximum absolute atomic E-state index is 16.5. The van der Waals surface area contributed by atoms with Gasteiger partial charge < -0.3 is 24.8 Å². The summed E-state index contributed by atoms with van der Waals surface area (Å²) in [6.07, 6.45) is -1.94. The number of aromatic nitrogens is 3. The van der Waals surface area contributed by atoms with Crippen LogP contribution in [0.4, 0.5) is 39.3 Å². The first-order valence-corrected chi connectivity index (χ1v) is 14.9. The van der Waals surface area contributed by atoms with Crippen LogP contribution in [0, 0.1) is 17.6 Å². The predicted molar refractivity (Wildman–Crippen MR) is 163 cm³/mol. The van der Waals surface area contributed by atoms with E-state index in [0.717, 1.165) is 6.07 Å². The molecule has 0 spiro atoms. The first-order chi connectivity index (χ1) is 21.6. The van der Waals surface area contributed by atoms with E-state index in [0.29, 0.717) is 44.9 Å². The fourth-order valence-electron chi connectivity index (χ4n) is 5.79. The number of hydrogen-bond donors (Lipinski definition) is 2. The Bertz CT molecular complexity index is 1640. The van der Waals surface area contributed by atoms with Crippen molar-refractivity contribution in [2.75, 3.05) is 55.0 Å². The van der Waals surface area contributed by atoms with E-state index in [2.05, 4.69) is 25.2 Å². The van der Waals surface area contributed by atoms with Crippen LogP contribution in [0.25, 0.3) is 11.1 Å². The number of H-pyrrole nitrogens is 1. The molecule has 248 valence electrons. The molecule has 0 unspecified atom stereocenters. The Morgan fingerprint density at radius 3 is 2.33 bits per heavy atom. The summed E-state index contributed by atoms with van der Waals surface area (Å²) in [5.41, 5.74) is -4.63. The zero-order valence-electron chi connectivity index (χ0n) is 26.1. The van der Waals surface area contributed by atoms with Crippen molar-refractivity contribution in [3.05, 3.63) is 63.8 Å². The van der Waals surface area contributed by atoms with Gasteiger partial charge in [0, 0.05) is 74.5 Å². The molecule has 1 aromatic carbocycles. The fraction of sp³-hybridized carbons (Fsp3) is 0.484. The Morgan fingerprint density at radius 2 is 1.72 bits per heavy atom. The van der Waals surface area contributed by atoms with Gasteiger partial charge in [-0.25, -0.2) is 18.7 Å². The lowest BCUT2D eigenvalue weighted by Gasteiger charge is -2.44. The number of nitrogens with zero attached hydrogens (tertiary/aromatic N) is 5. The smallest absolute Gasteiger partial charge is 0.374 e. The Balaban J connectivity index is 1.56. The highest BCUT2D eigenvalue weighted by molar-refractivity contribution is 6.07. The van der Waals surface area contributed by atoms with Crippen LogP contribution in [0.1, 0.15) is 43.6 Å². The maximum atomic E-state index is 16.5. The lowest BCUT2D eigenvalue weighted by Crippen LogP contribution is -2.55. The molecule has 5 rings (SSSR count). The molecule has 0 aliphatic carbocycles. The molecule has 2 fully saturated rings. The molecule has 2 aliphatic rings. The van der Waals surface area contributed by atoms with Gasteiger partial charge in [-0.3, -0.25) is 14.5 Å². The third-order valence-corrected chi connectivity index (χ3v) is 8.66. The van der Waals surface area contributed by atoms with Gasteiger partial charge in [0.2, 0.25) is 11.5 Å². The van der Waals surface area contributed by atoms with E-state index in [1.807, 2.05) is 39.6 Å². The van der Waals surface area contributed by atoms with Gasteiger partial charge in [-0.05, 0) is 26.8 Å². The number of amides is 1. The second-order valence-corrected chi connectivity index (χ2v) is 12.2. The third kappa shape index (κ3) is 6.70. The van der Waals surface area contributed by atoms with Crippen LogP contribution < -0.4 is 20.7 Å². The molecule has 10 nitrogen and oxygen atoms in total. The molecule has 2 aliphatic heterocycles. The number of anilines is 3. The van der Waals surface area contributed by atoms with Crippen molar-refractivity contribution >= 4 is 23.2 Å². The van der Waals surface area contributed by atoms with Crippen molar-refractivity contribution in [1.29, 1.82) is 0 Å². The number of rotatable bonds is 6. The maximum Gasteiger partial charge on any atom is 0.417 e. The molecule has 3 atom stereocenters. The van der Waals surface area contributed by atoms with Gasteiger partial charge >= 0.3 is 6.18 Å². The molecule has 2 N–H and O–H groups in total. The van der Waals surface area contributed by atoms with Crippen LogP contribution in [0.15, 0.2) is 35.5 Å². The minimum absolute atomic E-state index is 0.0328. The summed E-state index contributed by atoms with van der Waals surface area (Å²) in [7, 11) is 1.91. The quantitative estimate of drug-likeness (QED) is 0.368. The van der Waals surface area contributed by atoms with Gasteiger partial charge in [-0.2, -0.15) is 13.2 Å². The Labute approximate surface area is 262 Å². The number of carbonyl (C=O) groups is 1. The van der Waals surface area contributed by atoms with E-state index in [1.54, 1.807) is 4.90 Å². The van der Waals surface area contributed by atoms with Crippen LogP contribution in [0.5, 0.6) is 0 Å². The molecular formula is C31H36F5N7O3. The Kier molecular flexibility index (Phi) is 9.36. The van der Waals surface area contributed by atoms with Gasteiger partial charge in [0.1, 0.15) is 11.5 Å². The third-order valence-electron chi connectivity index (χ3n) is 8.66. The number of ether oxygens (including phenoxy) is 1. The summed E-state index contributed by atoms with van der Waals surface area (Å²) in [4.78, 5) is 41.4. The minimum atomic E-state index is -5.05. The minimum Gasteiger partial charge on any atom is -0.374 e. The van der Waals surface area contributed by atoms with Crippen LogP contribution in [-0.4, -0.2) is 83.8 Å². The number of piperazine rings is 1. The summed E-state index contributed by atoms with van der Waals surface area (Å²) in [5.74, 6) is -2.90. The topological polar surface area (TPSA) is 107 Å². The van der Waals surface area contributed by atoms with E-state index in [4.69, 9.17) is 4.74 Å². The zero-order chi connectivity index (χ0) is 33.5. The van der Waals surface area contributed by atoms with Crippen molar-refractivity contribution in [3.8, 4) is 11.1 Å². The fourth-order valence-corrected chi connectivity index (χ4v) is 5.79. The van der Waals surface area contributed by atoms with Gasteiger partial charge in [-0.1, -0.05) is 13.8 Å². The van der Waals surface area contributed by atoms with E-state index >= 15 is 8.78 Å². The number of carbonyl (C=O) groups excluding carboxylic acids is 1. The van der Waals surface area contributed by atoms with Gasteiger partial charge in [0.25, 0.3) is 5.91 Å². The molecule has 2 aromatic heterocycles. The molecule has 3 aromatic rings. The molecule has 0 bridgehead atoms. The highest BCUT2D eigenvalue weighted by Gasteiger charge is 2.37. The second kappa shape index (κ2) is 12.9. The summed E-state index contributed by atoms with van der Waals surface area (Å²) < 4.78 is 79.5. The van der Waals surface area contributed by atoms with Crippen LogP contribution >= 0.6 is 0 Å². The van der Waals surface area contributed by atoms with Gasteiger partial charge in [0.05, 0.1) is 35.1 Å². The summed E-state index contributed by atoms with van der Waals surface area (Å²) in [6, 6.07) is 1.21. The number of morpholine rings is 1. The number of benzene rings is 1. The normalized spacial score (nSPS) is 21.2. The Hall–Kier alpha value is -4.11. The molecule has 2 saturated heterocycles.